The maximum absolute atomic E-state index is 13.6. The molecule has 3 aromatic rings. The first kappa shape index (κ1) is 27.4. The van der Waals surface area contributed by atoms with Crippen molar-refractivity contribution in [2.75, 3.05) is 13.1 Å². The minimum atomic E-state index is -1.02. The zero-order valence-electron chi connectivity index (χ0n) is 22.4. The van der Waals surface area contributed by atoms with Crippen molar-refractivity contribution in [2.45, 2.75) is 76.7 Å². The van der Waals surface area contributed by atoms with E-state index < -0.39 is 11.8 Å². The molecule has 37 heavy (non-hydrogen) atoms. The average Bonchev–Trinajstić information content (AvgIpc) is 2.88. The van der Waals surface area contributed by atoms with Crippen LogP contribution in [0.3, 0.4) is 0 Å². The zero-order valence-corrected chi connectivity index (χ0v) is 22.4. The van der Waals surface area contributed by atoms with Gasteiger partial charge < -0.3 is 9.84 Å². The topological polar surface area (TPSA) is 32.7 Å². The van der Waals surface area contributed by atoms with Crippen LogP contribution in [-0.2, 0) is 15.9 Å². The predicted molar refractivity (Wildman–Crippen MR) is 144 cm³/mol. The molecule has 0 saturated carbocycles. The van der Waals surface area contributed by atoms with Crippen LogP contribution in [0.5, 0.6) is 0 Å². The van der Waals surface area contributed by atoms with Crippen LogP contribution in [0.1, 0.15) is 81.7 Å². The minimum absolute atomic E-state index is 0.0366. The number of hydrogen-bond donors (Lipinski definition) is 1. The monoisotopic (exact) mass is 507 g/mol. The molecule has 1 saturated heterocycles. The van der Waals surface area contributed by atoms with Crippen molar-refractivity contribution in [3.8, 4) is 0 Å². The molecular formula is C32H39F2NO2. The van der Waals surface area contributed by atoms with Crippen LogP contribution < -0.4 is 0 Å². The quantitative estimate of drug-likeness (QED) is 0.343. The first-order chi connectivity index (χ1) is 17.6. The van der Waals surface area contributed by atoms with E-state index in [1.807, 2.05) is 0 Å². The van der Waals surface area contributed by atoms with Crippen LogP contribution >= 0.6 is 0 Å². The Kier molecular flexibility index (Phi) is 8.47. The molecular weight excluding hydrogens is 468 g/mol. The van der Waals surface area contributed by atoms with Crippen LogP contribution in [0.15, 0.2) is 72.8 Å². The van der Waals surface area contributed by atoms with E-state index in [0.29, 0.717) is 19.5 Å². The summed E-state index contributed by atoms with van der Waals surface area (Å²) in [7, 11) is 0. The molecule has 0 amide bonds. The molecule has 5 heteroatoms. The zero-order chi connectivity index (χ0) is 26.6. The first-order valence-electron chi connectivity index (χ1n) is 13.3. The van der Waals surface area contributed by atoms with Crippen LogP contribution in [0.4, 0.5) is 8.78 Å². The molecule has 1 fully saturated rings. The van der Waals surface area contributed by atoms with Gasteiger partial charge in [0.1, 0.15) is 23.5 Å². The number of piperidine rings is 1. The number of rotatable bonds is 8. The lowest BCUT2D eigenvalue weighted by Gasteiger charge is -2.44. The van der Waals surface area contributed by atoms with Gasteiger partial charge in [0, 0.05) is 13.1 Å². The van der Waals surface area contributed by atoms with Crippen molar-refractivity contribution in [1.82, 2.24) is 4.90 Å². The summed E-state index contributed by atoms with van der Waals surface area (Å²) in [4.78, 5) is 2.17. The molecule has 0 bridgehead atoms. The fourth-order valence-corrected chi connectivity index (χ4v) is 5.25. The van der Waals surface area contributed by atoms with Gasteiger partial charge in [-0.3, -0.25) is 4.90 Å². The minimum Gasteiger partial charge on any atom is -0.371 e. The fourth-order valence-electron chi connectivity index (χ4n) is 5.25. The number of aliphatic hydroxyl groups is 1. The smallest absolute Gasteiger partial charge is 0.144 e. The Balaban J connectivity index is 1.49. The number of likely N-dealkylation sites (tertiary alicyclic amines) is 1. The second-order valence-electron chi connectivity index (χ2n) is 11.2. The van der Waals surface area contributed by atoms with Gasteiger partial charge in [0.25, 0.3) is 0 Å². The van der Waals surface area contributed by atoms with Crippen LogP contribution in [0.2, 0.25) is 0 Å². The Labute approximate surface area is 220 Å². The van der Waals surface area contributed by atoms with E-state index in [0.717, 1.165) is 36.0 Å². The van der Waals surface area contributed by atoms with Gasteiger partial charge in [0.2, 0.25) is 0 Å². The number of benzene rings is 3. The highest BCUT2D eigenvalue weighted by atomic mass is 19.1. The predicted octanol–water partition coefficient (Wildman–Crippen LogP) is 7.48. The molecule has 0 spiro atoms. The number of halogens is 2. The van der Waals surface area contributed by atoms with Gasteiger partial charge >= 0.3 is 0 Å². The van der Waals surface area contributed by atoms with Gasteiger partial charge in [-0.15, -0.1) is 0 Å². The van der Waals surface area contributed by atoms with Gasteiger partial charge in [-0.25, -0.2) is 8.78 Å². The molecule has 0 aliphatic carbocycles. The molecule has 0 aromatic heterocycles. The van der Waals surface area contributed by atoms with Crippen molar-refractivity contribution in [2.24, 2.45) is 0 Å². The maximum atomic E-state index is 13.6. The third kappa shape index (κ3) is 6.46. The molecule has 1 N–H and O–H groups in total. The van der Waals surface area contributed by atoms with E-state index >= 15 is 0 Å². The van der Waals surface area contributed by atoms with E-state index in [2.05, 4.69) is 56.9 Å². The molecule has 3 aromatic carbocycles. The molecule has 1 aliphatic heterocycles. The number of hydrogen-bond acceptors (Lipinski definition) is 3. The molecule has 3 nitrogen and oxygen atoms in total. The van der Waals surface area contributed by atoms with E-state index in [1.165, 1.54) is 29.8 Å². The summed E-state index contributed by atoms with van der Waals surface area (Å²) < 4.78 is 33.7. The number of nitrogens with zero attached hydrogens (tertiary/aromatic N) is 1. The van der Waals surface area contributed by atoms with Crippen LogP contribution in [-0.4, -0.2) is 29.2 Å². The van der Waals surface area contributed by atoms with E-state index in [9.17, 15) is 13.9 Å². The summed E-state index contributed by atoms with van der Waals surface area (Å²) in [6.45, 7) is 10.1. The highest BCUT2D eigenvalue weighted by molar-refractivity contribution is 5.32. The Bertz CT molecular complexity index is 1090. The Morgan fingerprint density at radius 3 is 1.70 bits per heavy atom. The van der Waals surface area contributed by atoms with E-state index in [1.54, 1.807) is 24.3 Å². The van der Waals surface area contributed by atoms with Crippen molar-refractivity contribution in [3.05, 3.63) is 107 Å². The fraction of sp³-hybridized carbons (Fsp3) is 0.438. The maximum Gasteiger partial charge on any atom is 0.144 e. The summed E-state index contributed by atoms with van der Waals surface area (Å²) in [6, 6.07) is 21.0. The second kappa shape index (κ2) is 11.4. The Morgan fingerprint density at radius 2 is 1.27 bits per heavy atom. The Morgan fingerprint density at radius 1 is 0.811 bits per heavy atom. The normalized spacial score (nSPS) is 17.2. The molecule has 1 heterocycles. The third-order valence-electron chi connectivity index (χ3n) is 7.45. The van der Waals surface area contributed by atoms with E-state index in [-0.39, 0.29) is 23.2 Å². The van der Waals surface area contributed by atoms with Gasteiger partial charge in [-0.05, 0) is 71.2 Å². The number of ether oxygens (including phenoxy) is 1. The lowest BCUT2D eigenvalue weighted by Crippen LogP contribution is -2.51. The standard InChI is InChI=1S/C32H39F2NO2/c1-5-20-32(36,26-12-10-25(11-13-26)31(2,3)4)35-21-18-29(19-22-35)37-30(23-6-14-27(33)15-7-23)24-8-16-28(34)17-9-24/h6-17,29-30,36H,5,18-22H2,1-4H3. The Hall–Kier alpha value is -2.60. The summed E-state index contributed by atoms with van der Waals surface area (Å²) in [6.07, 6.45) is 2.57. The summed E-state index contributed by atoms with van der Waals surface area (Å²) in [5, 5.41) is 11.9. The van der Waals surface area contributed by atoms with Crippen molar-refractivity contribution in [3.63, 3.8) is 0 Å². The second-order valence-corrected chi connectivity index (χ2v) is 11.2. The SMILES string of the molecule is CCCC(O)(c1ccc(C(C)(C)C)cc1)N1CCC(OC(c2ccc(F)cc2)c2ccc(F)cc2)CC1. The largest absolute Gasteiger partial charge is 0.371 e. The van der Waals surface area contributed by atoms with E-state index in [4.69, 9.17) is 4.74 Å². The van der Waals surface area contributed by atoms with Crippen LogP contribution in [0.25, 0.3) is 0 Å². The first-order valence-corrected chi connectivity index (χ1v) is 13.3. The highest BCUT2D eigenvalue weighted by Crippen LogP contribution is 2.37. The van der Waals surface area contributed by atoms with Gasteiger partial charge in [0.15, 0.2) is 0 Å². The highest BCUT2D eigenvalue weighted by Gasteiger charge is 2.38. The molecule has 1 aliphatic rings. The molecule has 1 unspecified atom stereocenters. The molecule has 198 valence electrons. The third-order valence-corrected chi connectivity index (χ3v) is 7.45. The summed E-state index contributed by atoms with van der Waals surface area (Å²) in [5.41, 5.74) is 2.87. The lowest BCUT2D eigenvalue weighted by atomic mass is 9.85. The lowest BCUT2D eigenvalue weighted by molar-refractivity contribution is -0.147. The average molecular weight is 508 g/mol. The van der Waals surface area contributed by atoms with Crippen LogP contribution in [0, 0.1) is 11.6 Å². The van der Waals surface area contributed by atoms with Gasteiger partial charge in [-0.1, -0.05) is 82.6 Å². The van der Waals surface area contributed by atoms with Gasteiger partial charge in [-0.2, -0.15) is 0 Å². The van der Waals surface area contributed by atoms with Crippen molar-refractivity contribution >= 4 is 0 Å². The van der Waals surface area contributed by atoms with Crippen molar-refractivity contribution in [1.29, 1.82) is 0 Å². The molecule has 4 rings (SSSR count). The summed E-state index contributed by atoms with van der Waals surface area (Å²) >= 11 is 0. The molecule has 0 radical (unpaired) electrons. The van der Waals surface area contributed by atoms with Gasteiger partial charge in [0.05, 0.1) is 6.10 Å². The van der Waals surface area contributed by atoms with Crippen molar-refractivity contribution < 1.29 is 18.6 Å². The molecule has 1 atom stereocenters. The summed E-state index contributed by atoms with van der Waals surface area (Å²) in [5.74, 6) is -0.610.